The SMILES string of the molecule is CC(C)C1CC(C#N)(OCCCO)C1. The van der Waals surface area contributed by atoms with E-state index in [1.807, 2.05) is 0 Å². The number of hydrogen-bond donors (Lipinski definition) is 1. The zero-order chi connectivity index (χ0) is 10.6. The Morgan fingerprint density at radius 2 is 2.21 bits per heavy atom. The van der Waals surface area contributed by atoms with E-state index in [4.69, 9.17) is 15.1 Å². The van der Waals surface area contributed by atoms with Crippen LogP contribution in [0.2, 0.25) is 0 Å². The molecule has 0 radical (unpaired) electrons. The monoisotopic (exact) mass is 197 g/mol. The zero-order valence-corrected chi connectivity index (χ0v) is 8.99. The molecule has 0 bridgehead atoms. The fraction of sp³-hybridized carbons (Fsp3) is 0.909. The number of hydrogen-bond acceptors (Lipinski definition) is 3. The van der Waals surface area contributed by atoms with Gasteiger partial charge in [0.25, 0.3) is 0 Å². The third kappa shape index (κ3) is 2.46. The molecule has 1 N–H and O–H groups in total. The molecule has 0 aromatic rings. The van der Waals surface area contributed by atoms with Gasteiger partial charge in [-0.1, -0.05) is 13.8 Å². The molecular formula is C11H19NO2. The van der Waals surface area contributed by atoms with Crippen LogP contribution in [0, 0.1) is 23.2 Å². The van der Waals surface area contributed by atoms with Crippen molar-refractivity contribution < 1.29 is 9.84 Å². The molecule has 3 nitrogen and oxygen atoms in total. The van der Waals surface area contributed by atoms with Crippen molar-refractivity contribution in [1.29, 1.82) is 5.26 Å². The average Bonchev–Trinajstić information content (AvgIpc) is 2.09. The molecule has 1 saturated carbocycles. The smallest absolute Gasteiger partial charge is 0.154 e. The fourth-order valence-electron chi connectivity index (χ4n) is 1.83. The number of aliphatic hydroxyl groups excluding tert-OH is 1. The minimum Gasteiger partial charge on any atom is -0.396 e. The van der Waals surface area contributed by atoms with E-state index in [1.165, 1.54) is 0 Å². The second-order valence-electron chi connectivity index (χ2n) is 4.44. The highest BCUT2D eigenvalue weighted by Crippen LogP contribution is 2.44. The summed E-state index contributed by atoms with van der Waals surface area (Å²) in [5, 5.41) is 17.6. The van der Waals surface area contributed by atoms with Gasteiger partial charge >= 0.3 is 0 Å². The first kappa shape index (κ1) is 11.5. The van der Waals surface area contributed by atoms with Crippen molar-refractivity contribution in [1.82, 2.24) is 0 Å². The number of aliphatic hydroxyl groups is 1. The molecule has 14 heavy (non-hydrogen) atoms. The lowest BCUT2D eigenvalue weighted by Crippen LogP contribution is -2.47. The Morgan fingerprint density at radius 1 is 1.57 bits per heavy atom. The van der Waals surface area contributed by atoms with Crippen LogP contribution in [-0.4, -0.2) is 23.9 Å². The van der Waals surface area contributed by atoms with Gasteiger partial charge in [0.15, 0.2) is 5.60 Å². The minimum absolute atomic E-state index is 0.134. The third-order valence-electron chi connectivity index (χ3n) is 3.01. The van der Waals surface area contributed by atoms with Gasteiger partial charge in [-0.25, -0.2) is 0 Å². The molecule has 0 aliphatic heterocycles. The zero-order valence-electron chi connectivity index (χ0n) is 8.99. The van der Waals surface area contributed by atoms with Crippen LogP contribution in [0.1, 0.15) is 33.1 Å². The van der Waals surface area contributed by atoms with Gasteiger partial charge in [0.05, 0.1) is 12.7 Å². The van der Waals surface area contributed by atoms with Crippen LogP contribution in [0.5, 0.6) is 0 Å². The maximum absolute atomic E-state index is 9.00. The van der Waals surface area contributed by atoms with E-state index in [1.54, 1.807) is 0 Å². The Morgan fingerprint density at radius 3 is 2.64 bits per heavy atom. The maximum Gasteiger partial charge on any atom is 0.154 e. The molecule has 0 amide bonds. The van der Waals surface area contributed by atoms with Crippen molar-refractivity contribution in [2.24, 2.45) is 11.8 Å². The number of rotatable bonds is 5. The van der Waals surface area contributed by atoms with E-state index in [0.717, 1.165) is 12.8 Å². The molecule has 1 fully saturated rings. The van der Waals surface area contributed by atoms with Crippen molar-refractivity contribution in [2.45, 2.75) is 38.7 Å². The molecule has 0 aromatic carbocycles. The molecule has 0 aromatic heterocycles. The lowest BCUT2D eigenvalue weighted by atomic mass is 9.67. The molecule has 1 aliphatic rings. The topological polar surface area (TPSA) is 53.2 Å². The molecule has 0 spiro atoms. The fourth-order valence-corrected chi connectivity index (χ4v) is 1.83. The number of nitriles is 1. The molecule has 0 unspecified atom stereocenters. The summed E-state index contributed by atoms with van der Waals surface area (Å²) >= 11 is 0. The largest absolute Gasteiger partial charge is 0.396 e. The van der Waals surface area contributed by atoms with Crippen molar-refractivity contribution in [3.05, 3.63) is 0 Å². The van der Waals surface area contributed by atoms with Gasteiger partial charge in [0.2, 0.25) is 0 Å². The van der Waals surface area contributed by atoms with Crippen LogP contribution in [0.3, 0.4) is 0 Å². The molecular weight excluding hydrogens is 178 g/mol. The van der Waals surface area contributed by atoms with Crippen LogP contribution < -0.4 is 0 Å². The van der Waals surface area contributed by atoms with E-state index in [0.29, 0.717) is 24.9 Å². The number of nitrogens with zero attached hydrogens (tertiary/aromatic N) is 1. The van der Waals surface area contributed by atoms with Crippen LogP contribution in [0.15, 0.2) is 0 Å². The van der Waals surface area contributed by atoms with Gasteiger partial charge in [-0.05, 0) is 31.1 Å². The average molecular weight is 197 g/mol. The van der Waals surface area contributed by atoms with E-state index >= 15 is 0 Å². The highest BCUT2D eigenvalue weighted by molar-refractivity contribution is 5.11. The van der Waals surface area contributed by atoms with Crippen LogP contribution in [-0.2, 0) is 4.74 Å². The first-order valence-electron chi connectivity index (χ1n) is 5.29. The van der Waals surface area contributed by atoms with E-state index in [2.05, 4.69) is 19.9 Å². The summed E-state index contributed by atoms with van der Waals surface area (Å²) in [5.74, 6) is 1.27. The Labute approximate surface area is 85.7 Å². The first-order chi connectivity index (χ1) is 6.63. The van der Waals surface area contributed by atoms with Crippen LogP contribution >= 0.6 is 0 Å². The third-order valence-corrected chi connectivity index (χ3v) is 3.01. The Kier molecular flexibility index (Phi) is 3.91. The van der Waals surface area contributed by atoms with Crippen molar-refractivity contribution in [2.75, 3.05) is 13.2 Å². The lowest BCUT2D eigenvalue weighted by Gasteiger charge is -2.44. The van der Waals surface area contributed by atoms with Crippen molar-refractivity contribution in [3.63, 3.8) is 0 Å². The summed E-state index contributed by atoms with van der Waals surface area (Å²) in [6, 6.07) is 2.25. The van der Waals surface area contributed by atoms with Gasteiger partial charge in [0, 0.05) is 6.61 Å². The van der Waals surface area contributed by atoms with Gasteiger partial charge in [-0.3, -0.25) is 0 Å². The van der Waals surface area contributed by atoms with Crippen molar-refractivity contribution >= 4 is 0 Å². The highest BCUT2D eigenvalue weighted by atomic mass is 16.5. The van der Waals surface area contributed by atoms with E-state index in [9.17, 15) is 0 Å². The van der Waals surface area contributed by atoms with E-state index in [-0.39, 0.29) is 6.61 Å². The van der Waals surface area contributed by atoms with Gasteiger partial charge in [-0.2, -0.15) is 5.26 Å². The van der Waals surface area contributed by atoms with Gasteiger partial charge in [-0.15, -0.1) is 0 Å². The Balaban J connectivity index is 2.31. The summed E-state index contributed by atoms with van der Waals surface area (Å²) in [7, 11) is 0. The predicted octanol–water partition coefficient (Wildman–Crippen LogP) is 1.71. The predicted molar refractivity (Wildman–Crippen MR) is 53.6 cm³/mol. The van der Waals surface area contributed by atoms with E-state index < -0.39 is 5.60 Å². The molecule has 1 aliphatic carbocycles. The second kappa shape index (κ2) is 4.77. The molecule has 0 atom stereocenters. The lowest BCUT2D eigenvalue weighted by molar-refractivity contribution is -0.0999. The molecule has 0 heterocycles. The quantitative estimate of drug-likeness (QED) is 0.683. The molecule has 80 valence electrons. The molecule has 0 saturated heterocycles. The standard InChI is InChI=1S/C11H19NO2/c1-9(2)10-6-11(7-10,8-12)14-5-3-4-13/h9-10,13H,3-7H2,1-2H3. The number of ether oxygens (including phenoxy) is 1. The molecule has 1 rings (SSSR count). The second-order valence-corrected chi connectivity index (χ2v) is 4.44. The van der Waals surface area contributed by atoms with Gasteiger partial charge < -0.3 is 9.84 Å². The van der Waals surface area contributed by atoms with Gasteiger partial charge in [0.1, 0.15) is 0 Å². The normalized spacial score (nSPS) is 31.2. The maximum atomic E-state index is 9.00. The summed E-state index contributed by atoms with van der Waals surface area (Å²) in [6.07, 6.45) is 2.33. The van der Waals surface area contributed by atoms with Crippen LogP contribution in [0.25, 0.3) is 0 Å². The summed E-state index contributed by atoms with van der Waals surface area (Å²) < 4.78 is 5.51. The highest BCUT2D eigenvalue weighted by Gasteiger charge is 2.46. The summed E-state index contributed by atoms with van der Waals surface area (Å²) in [4.78, 5) is 0. The Hall–Kier alpha value is -0.590. The van der Waals surface area contributed by atoms with Crippen LogP contribution in [0.4, 0.5) is 0 Å². The Bertz CT molecular complexity index is 214. The van der Waals surface area contributed by atoms with Crippen molar-refractivity contribution in [3.8, 4) is 6.07 Å². The molecule has 3 heteroatoms. The summed E-state index contributed by atoms with van der Waals surface area (Å²) in [5.41, 5.74) is -0.538. The summed E-state index contributed by atoms with van der Waals surface area (Å²) in [6.45, 7) is 4.99. The minimum atomic E-state index is -0.538. The first-order valence-corrected chi connectivity index (χ1v) is 5.29.